The quantitative estimate of drug-likeness (QED) is 0.822. The van der Waals surface area contributed by atoms with E-state index in [1.807, 2.05) is 6.07 Å². The first-order valence-corrected chi connectivity index (χ1v) is 5.94. The minimum absolute atomic E-state index is 0. The van der Waals surface area contributed by atoms with E-state index in [1.165, 1.54) is 26.4 Å². The number of nitriles is 1. The summed E-state index contributed by atoms with van der Waals surface area (Å²) in [6.45, 7) is 3.21. The molecular formula is C14H19ClN2O4. The molecule has 0 saturated carbocycles. The van der Waals surface area contributed by atoms with E-state index in [4.69, 9.17) is 20.5 Å². The number of aromatic hydroxyl groups is 1. The second kappa shape index (κ2) is 7.16. The zero-order valence-electron chi connectivity index (χ0n) is 12.3. The summed E-state index contributed by atoms with van der Waals surface area (Å²) < 4.78 is 9.72. The third-order valence-corrected chi connectivity index (χ3v) is 3.28. The topological polar surface area (TPSA) is 106 Å². The van der Waals surface area contributed by atoms with Crippen molar-refractivity contribution in [1.82, 2.24) is 0 Å². The lowest BCUT2D eigenvalue weighted by Crippen LogP contribution is -2.37. The summed E-state index contributed by atoms with van der Waals surface area (Å²) in [5.74, 6) is -0.558. The standard InChI is InChI=1S/C14H18N2O4.ClH/c1-14(2,13(18)20-4)12(16)9-5-8(7-15)6-10(19-3)11(9)17;/h5-6,12,17H,16H2,1-4H3;1H/t12-;/m0./s1. The lowest BCUT2D eigenvalue weighted by molar-refractivity contribution is -0.152. The SMILES string of the molecule is COC(=O)C(C)(C)[C@@H](N)c1cc(C#N)cc(OC)c1O.Cl. The Morgan fingerprint density at radius 3 is 2.43 bits per heavy atom. The molecule has 116 valence electrons. The van der Waals surface area contributed by atoms with Crippen LogP contribution in [0.2, 0.25) is 0 Å². The average molecular weight is 315 g/mol. The number of rotatable bonds is 4. The first kappa shape index (κ1) is 19.0. The van der Waals surface area contributed by atoms with Crippen molar-refractivity contribution < 1.29 is 19.4 Å². The van der Waals surface area contributed by atoms with Gasteiger partial charge in [0.05, 0.1) is 31.3 Å². The number of carbonyl (C=O) groups excluding carboxylic acids is 1. The Morgan fingerprint density at radius 1 is 1.43 bits per heavy atom. The molecule has 0 fully saturated rings. The van der Waals surface area contributed by atoms with E-state index < -0.39 is 17.4 Å². The summed E-state index contributed by atoms with van der Waals surface area (Å²) in [5.41, 5.74) is 5.55. The predicted molar refractivity (Wildman–Crippen MR) is 79.3 cm³/mol. The van der Waals surface area contributed by atoms with Crippen LogP contribution in [0.25, 0.3) is 0 Å². The Morgan fingerprint density at radius 2 is 2.00 bits per heavy atom. The molecule has 21 heavy (non-hydrogen) atoms. The van der Waals surface area contributed by atoms with Gasteiger partial charge in [-0.2, -0.15) is 5.26 Å². The van der Waals surface area contributed by atoms with Crippen molar-refractivity contribution in [2.24, 2.45) is 11.1 Å². The van der Waals surface area contributed by atoms with Crippen LogP contribution in [0.4, 0.5) is 0 Å². The minimum Gasteiger partial charge on any atom is -0.504 e. The van der Waals surface area contributed by atoms with E-state index >= 15 is 0 Å². The lowest BCUT2D eigenvalue weighted by atomic mass is 9.80. The number of carbonyl (C=O) groups is 1. The molecule has 0 amide bonds. The molecule has 0 bridgehead atoms. The van der Waals surface area contributed by atoms with E-state index in [2.05, 4.69) is 0 Å². The van der Waals surface area contributed by atoms with Gasteiger partial charge in [-0.3, -0.25) is 4.79 Å². The Balaban J connectivity index is 0.00000400. The fraction of sp³-hybridized carbons (Fsp3) is 0.429. The molecule has 7 heteroatoms. The van der Waals surface area contributed by atoms with Crippen LogP contribution in [0.15, 0.2) is 12.1 Å². The Bertz CT molecular complexity index is 567. The zero-order valence-corrected chi connectivity index (χ0v) is 13.2. The van der Waals surface area contributed by atoms with Gasteiger partial charge in [0.25, 0.3) is 0 Å². The molecule has 1 aromatic carbocycles. The maximum absolute atomic E-state index is 11.8. The van der Waals surface area contributed by atoms with E-state index in [-0.39, 0.29) is 35.0 Å². The molecule has 0 saturated heterocycles. The molecular weight excluding hydrogens is 296 g/mol. The van der Waals surface area contributed by atoms with Gasteiger partial charge in [0.1, 0.15) is 0 Å². The van der Waals surface area contributed by atoms with Gasteiger partial charge >= 0.3 is 5.97 Å². The predicted octanol–water partition coefficient (Wildman–Crippen LogP) is 1.89. The molecule has 0 aliphatic rings. The van der Waals surface area contributed by atoms with Crippen LogP contribution in [-0.4, -0.2) is 25.3 Å². The van der Waals surface area contributed by atoms with Gasteiger partial charge in [0, 0.05) is 17.7 Å². The van der Waals surface area contributed by atoms with Crippen LogP contribution in [0, 0.1) is 16.7 Å². The number of nitrogens with two attached hydrogens (primary N) is 1. The molecule has 0 aromatic heterocycles. The molecule has 0 aliphatic heterocycles. The first-order valence-electron chi connectivity index (χ1n) is 5.94. The van der Waals surface area contributed by atoms with Crippen LogP contribution < -0.4 is 10.5 Å². The molecule has 1 atom stereocenters. The van der Waals surface area contributed by atoms with Gasteiger partial charge in [-0.1, -0.05) is 0 Å². The third-order valence-electron chi connectivity index (χ3n) is 3.28. The molecule has 0 aliphatic carbocycles. The van der Waals surface area contributed by atoms with Crippen molar-refractivity contribution in [2.75, 3.05) is 14.2 Å². The van der Waals surface area contributed by atoms with Crippen molar-refractivity contribution in [1.29, 1.82) is 5.26 Å². The molecule has 0 unspecified atom stereocenters. The van der Waals surface area contributed by atoms with Crippen LogP contribution in [0.3, 0.4) is 0 Å². The summed E-state index contributed by atoms with van der Waals surface area (Å²) in [6, 6.07) is 3.94. The number of benzene rings is 1. The summed E-state index contributed by atoms with van der Waals surface area (Å²) >= 11 is 0. The van der Waals surface area contributed by atoms with Crippen molar-refractivity contribution in [3.8, 4) is 17.6 Å². The lowest BCUT2D eigenvalue weighted by Gasteiger charge is -2.29. The molecule has 6 nitrogen and oxygen atoms in total. The number of hydrogen-bond donors (Lipinski definition) is 2. The second-order valence-electron chi connectivity index (χ2n) is 4.92. The summed E-state index contributed by atoms with van der Waals surface area (Å²) in [7, 11) is 2.64. The van der Waals surface area contributed by atoms with Gasteiger partial charge in [-0.15, -0.1) is 12.4 Å². The first-order chi connectivity index (χ1) is 9.29. The zero-order chi connectivity index (χ0) is 15.5. The number of ether oxygens (including phenoxy) is 2. The van der Waals surface area contributed by atoms with E-state index in [1.54, 1.807) is 13.8 Å². The largest absolute Gasteiger partial charge is 0.504 e. The third kappa shape index (κ3) is 3.57. The highest BCUT2D eigenvalue weighted by Crippen LogP contribution is 2.41. The smallest absolute Gasteiger partial charge is 0.313 e. The molecule has 3 N–H and O–H groups in total. The maximum Gasteiger partial charge on any atom is 0.313 e. The number of methoxy groups -OCH3 is 2. The number of esters is 1. The van der Waals surface area contributed by atoms with E-state index in [0.717, 1.165) is 0 Å². The summed E-state index contributed by atoms with van der Waals surface area (Å²) in [5, 5.41) is 19.1. The molecule has 1 aromatic rings. The van der Waals surface area contributed by atoms with Crippen LogP contribution in [0.1, 0.15) is 31.0 Å². The second-order valence-corrected chi connectivity index (χ2v) is 4.92. The average Bonchev–Trinajstić information content (AvgIpc) is 2.45. The van der Waals surface area contributed by atoms with Crippen molar-refractivity contribution in [3.63, 3.8) is 0 Å². The Kier molecular flexibility index (Phi) is 6.49. The van der Waals surface area contributed by atoms with Crippen molar-refractivity contribution in [2.45, 2.75) is 19.9 Å². The van der Waals surface area contributed by atoms with Crippen LogP contribution in [-0.2, 0) is 9.53 Å². The normalized spacial score (nSPS) is 11.8. The Labute approximate surface area is 129 Å². The number of halogens is 1. The van der Waals surface area contributed by atoms with Crippen molar-refractivity contribution in [3.05, 3.63) is 23.3 Å². The highest BCUT2D eigenvalue weighted by molar-refractivity contribution is 5.85. The number of phenolic OH excluding ortho intramolecular Hbond substituents is 1. The van der Waals surface area contributed by atoms with Gasteiger partial charge < -0.3 is 20.3 Å². The molecule has 0 spiro atoms. The number of nitrogens with zero attached hydrogens (tertiary/aromatic N) is 1. The number of phenols is 1. The van der Waals surface area contributed by atoms with Crippen LogP contribution >= 0.6 is 12.4 Å². The van der Waals surface area contributed by atoms with E-state index in [0.29, 0.717) is 0 Å². The minimum atomic E-state index is -1.06. The highest BCUT2D eigenvalue weighted by atomic mass is 35.5. The van der Waals surface area contributed by atoms with Gasteiger partial charge in [-0.05, 0) is 19.9 Å². The highest BCUT2D eigenvalue weighted by Gasteiger charge is 2.38. The maximum atomic E-state index is 11.8. The van der Waals surface area contributed by atoms with E-state index in [9.17, 15) is 9.90 Å². The summed E-state index contributed by atoms with van der Waals surface area (Å²) in [6.07, 6.45) is 0. The summed E-state index contributed by atoms with van der Waals surface area (Å²) in [4.78, 5) is 11.8. The fourth-order valence-electron chi connectivity index (χ4n) is 1.87. The van der Waals surface area contributed by atoms with Crippen LogP contribution in [0.5, 0.6) is 11.5 Å². The van der Waals surface area contributed by atoms with Gasteiger partial charge in [0.2, 0.25) is 0 Å². The molecule has 0 heterocycles. The van der Waals surface area contributed by atoms with Gasteiger partial charge in [-0.25, -0.2) is 0 Å². The monoisotopic (exact) mass is 314 g/mol. The van der Waals surface area contributed by atoms with Crippen molar-refractivity contribution >= 4 is 18.4 Å². The molecule has 1 rings (SSSR count). The number of hydrogen-bond acceptors (Lipinski definition) is 6. The fourth-order valence-corrected chi connectivity index (χ4v) is 1.87. The van der Waals surface area contributed by atoms with Gasteiger partial charge in [0.15, 0.2) is 11.5 Å². The molecule has 0 radical (unpaired) electrons. The Hall–Kier alpha value is -1.97.